The molecule has 1 aromatic heterocycles. The van der Waals surface area contributed by atoms with Crippen LogP contribution in [0.25, 0.3) is 0 Å². The van der Waals surface area contributed by atoms with E-state index in [-0.39, 0.29) is 5.75 Å². The van der Waals surface area contributed by atoms with E-state index in [0.29, 0.717) is 15.3 Å². The molecule has 0 N–H and O–H groups in total. The molecule has 1 heterocycles. The fraction of sp³-hybridized carbons (Fsp3) is 0.583. The lowest BCUT2D eigenvalue weighted by Crippen LogP contribution is -2.19. The predicted molar refractivity (Wildman–Crippen MR) is 70.6 cm³/mol. The van der Waals surface area contributed by atoms with E-state index >= 15 is 0 Å². The SMILES string of the molecule is O=S(=O)(CC1CCCCC1)c1cncc(Br)c1. The normalized spacial score (nSPS) is 18.2. The van der Waals surface area contributed by atoms with Gasteiger partial charge in [-0.1, -0.05) is 19.3 Å². The van der Waals surface area contributed by atoms with Crippen molar-refractivity contribution in [2.24, 2.45) is 5.92 Å². The largest absolute Gasteiger partial charge is 0.262 e. The average molecular weight is 318 g/mol. The first-order valence-electron chi connectivity index (χ1n) is 5.91. The molecule has 0 aliphatic heterocycles. The lowest BCUT2D eigenvalue weighted by Gasteiger charge is -2.21. The quantitative estimate of drug-likeness (QED) is 0.860. The van der Waals surface area contributed by atoms with Gasteiger partial charge in [0.05, 0.1) is 10.6 Å². The lowest BCUT2D eigenvalue weighted by molar-refractivity contribution is 0.385. The van der Waals surface area contributed by atoms with E-state index < -0.39 is 9.84 Å². The van der Waals surface area contributed by atoms with Crippen LogP contribution >= 0.6 is 15.9 Å². The van der Waals surface area contributed by atoms with Gasteiger partial charge in [-0.2, -0.15) is 0 Å². The lowest BCUT2D eigenvalue weighted by atomic mass is 9.91. The van der Waals surface area contributed by atoms with E-state index in [1.165, 1.54) is 12.6 Å². The molecule has 0 amide bonds. The number of aromatic nitrogens is 1. The molecular weight excluding hydrogens is 302 g/mol. The van der Waals surface area contributed by atoms with Gasteiger partial charge in [-0.05, 0) is 40.8 Å². The Morgan fingerprint density at radius 2 is 1.94 bits per heavy atom. The molecule has 1 saturated carbocycles. The first-order valence-corrected chi connectivity index (χ1v) is 8.36. The Labute approximate surface area is 111 Å². The van der Waals surface area contributed by atoms with Crippen molar-refractivity contribution in [3.8, 4) is 0 Å². The van der Waals surface area contributed by atoms with Crippen molar-refractivity contribution in [3.05, 3.63) is 22.9 Å². The molecule has 2 rings (SSSR count). The molecule has 0 saturated heterocycles. The van der Waals surface area contributed by atoms with Crippen LogP contribution in [0.5, 0.6) is 0 Å². The summed E-state index contributed by atoms with van der Waals surface area (Å²) in [6, 6.07) is 1.63. The summed E-state index contributed by atoms with van der Waals surface area (Å²) in [7, 11) is -3.17. The van der Waals surface area contributed by atoms with Crippen LogP contribution in [-0.2, 0) is 9.84 Å². The van der Waals surface area contributed by atoms with Crippen LogP contribution in [0, 0.1) is 5.92 Å². The fourth-order valence-corrected chi connectivity index (χ4v) is 4.51. The molecule has 1 fully saturated rings. The minimum atomic E-state index is -3.17. The highest BCUT2D eigenvalue weighted by atomic mass is 79.9. The van der Waals surface area contributed by atoms with E-state index in [1.54, 1.807) is 12.3 Å². The van der Waals surface area contributed by atoms with E-state index in [9.17, 15) is 8.42 Å². The molecule has 0 spiro atoms. The number of nitrogens with zero attached hydrogens (tertiary/aromatic N) is 1. The van der Waals surface area contributed by atoms with Gasteiger partial charge in [0, 0.05) is 16.9 Å². The number of rotatable bonds is 3. The van der Waals surface area contributed by atoms with Gasteiger partial charge in [-0.15, -0.1) is 0 Å². The van der Waals surface area contributed by atoms with Gasteiger partial charge in [-0.3, -0.25) is 4.98 Å². The summed E-state index contributed by atoms with van der Waals surface area (Å²) in [5.41, 5.74) is 0. The monoisotopic (exact) mass is 317 g/mol. The second-order valence-corrected chi connectivity index (χ2v) is 7.57. The summed E-state index contributed by atoms with van der Waals surface area (Å²) in [6.07, 6.45) is 8.69. The molecule has 94 valence electrons. The summed E-state index contributed by atoms with van der Waals surface area (Å²) in [5.74, 6) is 0.596. The highest BCUT2D eigenvalue weighted by Crippen LogP contribution is 2.27. The van der Waals surface area contributed by atoms with Crippen molar-refractivity contribution < 1.29 is 8.42 Å². The van der Waals surface area contributed by atoms with Gasteiger partial charge in [0.2, 0.25) is 0 Å². The maximum absolute atomic E-state index is 12.2. The van der Waals surface area contributed by atoms with E-state index in [1.807, 2.05) is 0 Å². The zero-order chi connectivity index (χ0) is 12.3. The topological polar surface area (TPSA) is 47.0 Å². The Morgan fingerprint density at radius 1 is 1.24 bits per heavy atom. The smallest absolute Gasteiger partial charge is 0.180 e. The number of hydrogen-bond acceptors (Lipinski definition) is 3. The van der Waals surface area contributed by atoms with Gasteiger partial charge in [0.25, 0.3) is 0 Å². The van der Waals surface area contributed by atoms with Gasteiger partial charge in [-0.25, -0.2) is 8.42 Å². The number of halogens is 1. The molecular formula is C12H16BrNO2S. The first kappa shape index (κ1) is 13.0. The average Bonchev–Trinajstić information content (AvgIpc) is 2.30. The summed E-state index contributed by atoms with van der Waals surface area (Å²) >= 11 is 3.25. The molecule has 0 atom stereocenters. The zero-order valence-electron chi connectivity index (χ0n) is 9.60. The minimum Gasteiger partial charge on any atom is -0.262 e. The molecule has 0 radical (unpaired) electrons. The highest BCUT2D eigenvalue weighted by Gasteiger charge is 2.23. The zero-order valence-corrected chi connectivity index (χ0v) is 12.0. The second-order valence-electron chi connectivity index (χ2n) is 4.62. The van der Waals surface area contributed by atoms with Crippen molar-refractivity contribution in [2.45, 2.75) is 37.0 Å². The van der Waals surface area contributed by atoms with Crippen molar-refractivity contribution >= 4 is 25.8 Å². The highest BCUT2D eigenvalue weighted by molar-refractivity contribution is 9.10. The number of sulfone groups is 1. The molecule has 1 aliphatic rings. The van der Waals surface area contributed by atoms with Crippen LogP contribution in [0.4, 0.5) is 0 Å². The fourth-order valence-electron chi connectivity index (χ4n) is 2.32. The van der Waals surface area contributed by atoms with Gasteiger partial charge < -0.3 is 0 Å². The molecule has 3 nitrogen and oxygen atoms in total. The summed E-state index contributed by atoms with van der Waals surface area (Å²) in [4.78, 5) is 4.25. The molecule has 0 bridgehead atoms. The standard InChI is InChI=1S/C12H16BrNO2S/c13-11-6-12(8-14-7-11)17(15,16)9-10-4-2-1-3-5-10/h6-8,10H,1-5,9H2. The Hall–Kier alpha value is -0.420. The van der Waals surface area contributed by atoms with Gasteiger partial charge >= 0.3 is 0 Å². The second kappa shape index (κ2) is 5.48. The van der Waals surface area contributed by atoms with Crippen LogP contribution in [0.15, 0.2) is 27.8 Å². The van der Waals surface area contributed by atoms with Crippen molar-refractivity contribution in [1.82, 2.24) is 4.98 Å². The summed E-state index contributed by atoms with van der Waals surface area (Å²) < 4.78 is 25.1. The van der Waals surface area contributed by atoms with Crippen LogP contribution in [0.2, 0.25) is 0 Å². The first-order chi connectivity index (χ1) is 8.08. The Morgan fingerprint density at radius 3 is 2.59 bits per heavy atom. The van der Waals surface area contributed by atoms with Crippen molar-refractivity contribution in [1.29, 1.82) is 0 Å². The van der Waals surface area contributed by atoms with Crippen LogP contribution in [0.3, 0.4) is 0 Å². The van der Waals surface area contributed by atoms with E-state index in [2.05, 4.69) is 20.9 Å². The molecule has 1 aliphatic carbocycles. The van der Waals surface area contributed by atoms with Crippen LogP contribution in [-0.4, -0.2) is 19.2 Å². The molecule has 0 unspecified atom stereocenters. The summed E-state index contributed by atoms with van der Waals surface area (Å²) in [6.45, 7) is 0. The van der Waals surface area contributed by atoms with Crippen molar-refractivity contribution in [2.75, 3.05) is 5.75 Å². The molecule has 1 aromatic rings. The number of pyridine rings is 1. The molecule has 0 aromatic carbocycles. The third-order valence-corrected chi connectivity index (χ3v) is 5.50. The number of hydrogen-bond donors (Lipinski definition) is 0. The van der Waals surface area contributed by atoms with Crippen molar-refractivity contribution in [3.63, 3.8) is 0 Å². The minimum absolute atomic E-state index is 0.269. The van der Waals surface area contributed by atoms with Gasteiger partial charge in [0.1, 0.15) is 0 Å². The van der Waals surface area contributed by atoms with Gasteiger partial charge in [0.15, 0.2) is 9.84 Å². The Bertz CT molecular complexity index is 481. The van der Waals surface area contributed by atoms with Crippen LogP contribution in [0.1, 0.15) is 32.1 Å². The molecule has 17 heavy (non-hydrogen) atoms. The van der Waals surface area contributed by atoms with E-state index in [4.69, 9.17) is 0 Å². The Balaban J connectivity index is 2.13. The van der Waals surface area contributed by atoms with Crippen LogP contribution < -0.4 is 0 Å². The predicted octanol–water partition coefficient (Wildman–Crippen LogP) is 3.20. The summed E-state index contributed by atoms with van der Waals surface area (Å²) in [5, 5.41) is 0. The maximum Gasteiger partial charge on any atom is 0.180 e. The van der Waals surface area contributed by atoms with E-state index in [0.717, 1.165) is 25.7 Å². The third kappa shape index (κ3) is 3.52. The Kier molecular flexibility index (Phi) is 4.20. The maximum atomic E-state index is 12.2. The third-order valence-electron chi connectivity index (χ3n) is 3.22. The molecule has 5 heteroatoms.